The van der Waals surface area contributed by atoms with Crippen molar-refractivity contribution in [2.75, 3.05) is 18.5 Å². The summed E-state index contributed by atoms with van der Waals surface area (Å²) in [4.78, 5) is 62.8. The minimum Gasteiger partial charge on any atom is -0.462 e. The fourth-order valence-electron chi connectivity index (χ4n) is 3.20. The Morgan fingerprint density at radius 2 is 1.82 bits per heavy atom. The van der Waals surface area contributed by atoms with Gasteiger partial charge in [0.15, 0.2) is 0 Å². The molecule has 1 fully saturated rings. The van der Waals surface area contributed by atoms with Gasteiger partial charge in [-0.25, -0.2) is 19.0 Å². The van der Waals surface area contributed by atoms with Crippen LogP contribution in [0, 0.1) is 18.3 Å². The zero-order chi connectivity index (χ0) is 24.3. The first-order valence-corrected chi connectivity index (χ1v) is 11.1. The monoisotopic (exact) mass is 474 g/mol. The van der Waals surface area contributed by atoms with Crippen LogP contribution in [0.5, 0.6) is 0 Å². The number of amides is 1. The molecule has 0 bridgehead atoms. The van der Waals surface area contributed by atoms with E-state index in [0.717, 1.165) is 24.2 Å². The van der Waals surface area contributed by atoms with E-state index in [2.05, 4.69) is 5.32 Å². The zero-order valence-electron chi connectivity index (χ0n) is 18.3. The molecule has 3 rings (SSSR count). The lowest BCUT2D eigenvalue weighted by Gasteiger charge is -2.11. The van der Waals surface area contributed by atoms with E-state index in [4.69, 9.17) is 9.47 Å². The molecule has 0 aliphatic heterocycles. The van der Waals surface area contributed by atoms with Crippen LogP contribution in [0.15, 0.2) is 15.8 Å². The van der Waals surface area contributed by atoms with Gasteiger partial charge in [-0.05, 0) is 39.2 Å². The van der Waals surface area contributed by atoms with E-state index in [9.17, 15) is 29.2 Å². The molecule has 11 nitrogen and oxygen atoms in total. The number of aromatic nitrogens is 2. The van der Waals surface area contributed by atoms with Gasteiger partial charge >= 0.3 is 17.6 Å². The molecule has 1 aliphatic carbocycles. The van der Waals surface area contributed by atoms with Gasteiger partial charge < -0.3 is 14.8 Å². The highest BCUT2D eigenvalue weighted by Gasteiger charge is 2.29. The van der Waals surface area contributed by atoms with Crippen molar-refractivity contribution in [3.63, 3.8) is 0 Å². The predicted molar refractivity (Wildman–Crippen MR) is 118 cm³/mol. The van der Waals surface area contributed by atoms with Crippen molar-refractivity contribution in [3.05, 3.63) is 48.6 Å². The lowest BCUT2D eigenvalue weighted by atomic mass is 10.1. The molecule has 0 unspecified atom stereocenters. The fraction of sp³-hybridized carbons (Fsp3) is 0.429. The second-order valence-corrected chi connectivity index (χ2v) is 8.24. The molecule has 2 aromatic heterocycles. The van der Waals surface area contributed by atoms with Gasteiger partial charge in [-0.15, -0.1) is 11.3 Å². The number of anilines is 1. The van der Waals surface area contributed by atoms with E-state index >= 15 is 0 Å². The molecule has 1 N–H and O–H groups in total. The molecule has 0 atom stereocenters. The van der Waals surface area contributed by atoms with Gasteiger partial charge in [-0.1, -0.05) is 0 Å². The summed E-state index contributed by atoms with van der Waals surface area (Å²) in [5, 5.41) is 11.8. The van der Waals surface area contributed by atoms with Crippen molar-refractivity contribution in [1.82, 2.24) is 9.13 Å². The molecule has 0 aromatic carbocycles. The molecule has 0 spiro atoms. The van der Waals surface area contributed by atoms with Crippen LogP contribution >= 0.6 is 11.3 Å². The van der Waals surface area contributed by atoms with Gasteiger partial charge in [0.2, 0.25) is 5.91 Å². The number of nitriles is 1. The zero-order valence-corrected chi connectivity index (χ0v) is 19.1. The Hall–Kier alpha value is -3.72. The highest BCUT2D eigenvalue weighted by atomic mass is 32.1. The molecule has 0 radical (unpaired) electrons. The molecule has 33 heavy (non-hydrogen) atoms. The maximum atomic E-state index is 12.8. The van der Waals surface area contributed by atoms with E-state index in [-0.39, 0.29) is 45.8 Å². The van der Waals surface area contributed by atoms with Crippen molar-refractivity contribution in [1.29, 1.82) is 5.26 Å². The van der Waals surface area contributed by atoms with Gasteiger partial charge in [-0.2, -0.15) is 5.26 Å². The number of carbonyl (C=O) groups is 3. The number of carbonyl (C=O) groups excluding carboxylic acids is 3. The molecular formula is C21H22N4O7S. The third-order valence-electron chi connectivity index (χ3n) is 4.90. The average molecular weight is 474 g/mol. The highest BCUT2D eigenvalue weighted by Crippen LogP contribution is 2.35. The van der Waals surface area contributed by atoms with Gasteiger partial charge in [0, 0.05) is 12.2 Å². The van der Waals surface area contributed by atoms with Crippen molar-refractivity contribution in [2.24, 2.45) is 0 Å². The van der Waals surface area contributed by atoms with Crippen molar-refractivity contribution >= 4 is 34.2 Å². The van der Waals surface area contributed by atoms with Crippen LogP contribution in [-0.2, 0) is 20.8 Å². The minimum absolute atomic E-state index is 0.00762. The Labute approximate surface area is 192 Å². The number of hydrogen-bond donors (Lipinski definition) is 1. The Morgan fingerprint density at radius 1 is 1.18 bits per heavy atom. The maximum Gasteiger partial charge on any atom is 0.348 e. The SMILES string of the molecule is CCOC(=O)c1sc(NC(=O)Cn2c(=O)c(C#N)cn(C3CC3)c2=O)c(C(=O)OCC)c1C. The van der Waals surface area contributed by atoms with Gasteiger partial charge in [0.05, 0.1) is 18.8 Å². The third kappa shape index (κ3) is 4.88. The van der Waals surface area contributed by atoms with E-state index in [1.807, 2.05) is 0 Å². The summed E-state index contributed by atoms with van der Waals surface area (Å²) in [6, 6.07) is 1.64. The first-order valence-electron chi connectivity index (χ1n) is 10.3. The summed E-state index contributed by atoms with van der Waals surface area (Å²) < 4.78 is 12.0. The normalized spacial score (nSPS) is 12.7. The van der Waals surface area contributed by atoms with E-state index in [1.165, 1.54) is 17.7 Å². The standard InChI is InChI=1S/C21H22N4O7S/c1-4-31-19(28)15-11(3)16(20(29)32-5-2)33-17(15)23-14(26)10-25-18(27)12(8-22)9-24(21(25)30)13-6-7-13/h9,13H,4-7,10H2,1-3H3,(H,23,26). The van der Waals surface area contributed by atoms with E-state index < -0.39 is 35.6 Å². The Morgan fingerprint density at radius 3 is 2.39 bits per heavy atom. The highest BCUT2D eigenvalue weighted by molar-refractivity contribution is 7.18. The average Bonchev–Trinajstić information content (AvgIpc) is 3.55. The smallest absolute Gasteiger partial charge is 0.348 e. The number of ether oxygens (including phenoxy) is 2. The molecule has 1 amide bonds. The van der Waals surface area contributed by atoms with Crippen molar-refractivity contribution in [2.45, 2.75) is 46.2 Å². The Balaban J connectivity index is 1.96. The summed E-state index contributed by atoms with van der Waals surface area (Å²) in [6.45, 7) is 4.31. The molecule has 0 saturated heterocycles. The molecule has 2 aromatic rings. The summed E-state index contributed by atoms with van der Waals surface area (Å²) in [7, 11) is 0. The number of hydrogen-bond acceptors (Lipinski definition) is 9. The topological polar surface area (TPSA) is 149 Å². The second-order valence-electron chi connectivity index (χ2n) is 7.22. The Kier molecular flexibility index (Phi) is 7.13. The number of thiophene rings is 1. The first-order chi connectivity index (χ1) is 15.7. The van der Waals surface area contributed by atoms with Crippen LogP contribution in [0.25, 0.3) is 0 Å². The fourth-order valence-corrected chi connectivity index (χ4v) is 4.31. The van der Waals surface area contributed by atoms with Crippen LogP contribution in [-0.4, -0.2) is 40.2 Å². The largest absolute Gasteiger partial charge is 0.462 e. The molecule has 1 aliphatic rings. The van der Waals surface area contributed by atoms with Crippen LogP contribution in [0.3, 0.4) is 0 Å². The van der Waals surface area contributed by atoms with Crippen LogP contribution < -0.4 is 16.6 Å². The first kappa shape index (κ1) is 23.9. The quantitative estimate of drug-likeness (QED) is 0.567. The predicted octanol–water partition coefficient (Wildman–Crippen LogP) is 1.58. The number of nitrogens with one attached hydrogen (secondary N) is 1. The van der Waals surface area contributed by atoms with Crippen LogP contribution in [0.2, 0.25) is 0 Å². The molecule has 174 valence electrons. The van der Waals surface area contributed by atoms with Crippen LogP contribution in [0.4, 0.5) is 5.00 Å². The third-order valence-corrected chi connectivity index (χ3v) is 6.09. The van der Waals surface area contributed by atoms with E-state index in [0.29, 0.717) is 4.57 Å². The minimum atomic E-state index is -0.880. The second kappa shape index (κ2) is 9.83. The van der Waals surface area contributed by atoms with Gasteiger partial charge in [0.1, 0.15) is 28.1 Å². The Bertz CT molecular complexity index is 1280. The summed E-state index contributed by atoms with van der Waals surface area (Å²) in [5.74, 6) is -2.18. The number of nitrogens with zero attached hydrogens (tertiary/aromatic N) is 3. The van der Waals surface area contributed by atoms with Crippen molar-refractivity contribution < 1.29 is 23.9 Å². The maximum absolute atomic E-state index is 12.8. The number of rotatable bonds is 8. The molecule has 2 heterocycles. The van der Waals surface area contributed by atoms with Gasteiger partial charge in [0.25, 0.3) is 5.56 Å². The van der Waals surface area contributed by atoms with Crippen molar-refractivity contribution in [3.8, 4) is 6.07 Å². The number of esters is 2. The summed E-state index contributed by atoms with van der Waals surface area (Å²) >= 11 is 0.831. The molecule has 1 saturated carbocycles. The lowest BCUT2D eigenvalue weighted by molar-refractivity contribution is -0.116. The summed E-state index contributed by atoms with van der Waals surface area (Å²) in [5.41, 5.74) is -1.55. The molecular weight excluding hydrogens is 452 g/mol. The van der Waals surface area contributed by atoms with Gasteiger partial charge in [-0.3, -0.25) is 14.2 Å². The summed E-state index contributed by atoms with van der Waals surface area (Å²) in [6.07, 6.45) is 2.69. The van der Waals surface area contributed by atoms with Crippen LogP contribution in [0.1, 0.15) is 63.9 Å². The van der Waals surface area contributed by atoms with E-state index in [1.54, 1.807) is 19.9 Å². The lowest BCUT2D eigenvalue weighted by Crippen LogP contribution is -2.43. The molecule has 12 heteroatoms.